The molecule has 0 aromatic heterocycles. The molecule has 4 nitrogen and oxygen atoms in total. The Kier molecular flexibility index (Phi) is 5.46. The Morgan fingerprint density at radius 1 is 1.25 bits per heavy atom. The number of hydrogen-bond acceptors (Lipinski definition) is 2. The van der Waals surface area contributed by atoms with Crippen molar-refractivity contribution in [2.45, 2.75) is 37.9 Å². The van der Waals surface area contributed by atoms with E-state index in [1.807, 2.05) is 5.32 Å². The minimum Gasteiger partial charge on any atom is -0.343 e. The third-order valence-electron chi connectivity index (χ3n) is 4.14. The molecule has 0 saturated carbocycles. The first-order valence-corrected chi connectivity index (χ1v) is 7.63. The molecule has 132 valence electrons. The summed E-state index contributed by atoms with van der Waals surface area (Å²) in [7, 11) is 0. The molecule has 0 spiro atoms. The van der Waals surface area contributed by atoms with E-state index in [1.54, 1.807) is 6.92 Å². The van der Waals surface area contributed by atoms with Gasteiger partial charge in [-0.25, -0.2) is 4.39 Å². The molecule has 8 heteroatoms. The third-order valence-corrected chi connectivity index (χ3v) is 4.14. The molecule has 1 aromatic carbocycles. The zero-order valence-electron chi connectivity index (χ0n) is 13.1. The van der Waals surface area contributed by atoms with Gasteiger partial charge in [0.25, 0.3) is 0 Å². The number of benzene rings is 1. The number of rotatable bonds is 3. The molecule has 1 N–H and O–H groups in total. The van der Waals surface area contributed by atoms with Crippen LogP contribution in [0.1, 0.15) is 31.2 Å². The SMILES string of the molecule is CCC(=O)N1CCC(c2ccc(F)cc2)C(NC(=O)C(F)(F)F)C1. The van der Waals surface area contributed by atoms with Gasteiger partial charge < -0.3 is 10.2 Å². The monoisotopic (exact) mass is 346 g/mol. The van der Waals surface area contributed by atoms with Gasteiger partial charge in [0.2, 0.25) is 5.91 Å². The smallest absolute Gasteiger partial charge is 0.343 e. The molecule has 1 aliphatic heterocycles. The molecule has 2 atom stereocenters. The lowest BCUT2D eigenvalue weighted by molar-refractivity contribution is -0.175. The molecule has 0 bridgehead atoms. The standard InChI is InChI=1S/C16H18F4N2O2/c1-2-14(23)22-8-7-12(10-3-5-11(17)6-4-10)13(9-22)21-15(24)16(18,19)20/h3-6,12-13H,2,7-9H2,1H3,(H,21,24). The number of halogens is 4. The van der Waals surface area contributed by atoms with E-state index in [0.717, 1.165) is 0 Å². The molecule has 1 saturated heterocycles. The highest BCUT2D eigenvalue weighted by molar-refractivity contribution is 5.82. The first-order valence-electron chi connectivity index (χ1n) is 7.63. The summed E-state index contributed by atoms with van der Waals surface area (Å²) in [5.41, 5.74) is 0.632. The van der Waals surface area contributed by atoms with Gasteiger partial charge in [0.05, 0.1) is 6.04 Å². The van der Waals surface area contributed by atoms with Crippen LogP contribution in [0.2, 0.25) is 0 Å². The molecular formula is C16H18F4N2O2. The number of carbonyl (C=O) groups is 2. The molecule has 24 heavy (non-hydrogen) atoms. The van der Waals surface area contributed by atoms with Crippen LogP contribution in [0.15, 0.2) is 24.3 Å². The van der Waals surface area contributed by atoms with Gasteiger partial charge in [-0.15, -0.1) is 0 Å². The predicted octanol–water partition coefficient (Wildman–Crippen LogP) is 2.60. The van der Waals surface area contributed by atoms with Crippen LogP contribution in [0, 0.1) is 5.82 Å². The second-order valence-electron chi connectivity index (χ2n) is 5.72. The number of amides is 2. The van der Waals surface area contributed by atoms with Crippen LogP contribution in [0.25, 0.3) is 0 Å². The van der Waals surface area contributed by atoms with E-state index < -0.39 is 29.9 Å². The van der Waals surface area contributed by atoms with Crippen LogP contribution in [0.3, 0.4) is 0 Å². The summed E-state index contributed by atoms with van der Waals surface area (Å²) in [6, 6.07) is 4.55. The zero-order valence-corrected chi connectivity index (χ0v) is 13.1. The van der Waals surface area contributed by atoms with Gasteiger partial charge in [0.15, 0.2) is 0 Å². The van der Waals surface area contributed by atoms with Crippen LogP contribution in [0.5, 0.6) is 0 Å². The van der Waals surface area contributed by atoms with Crippen LogP contribution in [-0.2, 0) is 9.59 Å². The van der Waals surface area contributed by atoms with Crippen LogP contribution >= 0.6 is 0 Å². The lowest BCUT2D eigenvalue weighted by atomic mass is 9.85. The van der Waals surface area contributed by atoms with E-state index in [1.165, 1.54) is 29.2 Å². The van der Waals surface area contributed by atoms with E-state index in [0.29, 0.717) is 18.5 Å². The number of piperidine rings is 1. The summed E-state index contributed by atoms with van der Waals surface area (Å²) in [5, 5.41) is 1.98. The summed E-state index contributed by atoms with van der Waals surface area (Å²) >= 11 is 0. The fraction of sp³-hybridized carbons (Fsp3) is 0.500. The predicted molar refractivity (Wildman–Crippen MR) is 78.6 cm³/mol. The van der Waals surface area contributed by atoms with E-state index in [2.05, 4.69) is 0 Å². The fourth-order valence-corrected chi connectivity index (χ4v) is 2.91. The van der Waals surface area contributed by atoms with Gasteiger partial charge in [0.1, 0.15) is 5.82 Å². The molecule has 1 aromatic rings. The van der Waals surface area contributed by atoms with E-state index in [9.17, 15) is 27.2 Å². The van der Waals surface area contributed by atoms with Gasteiger partial charge in [0, 0.05) is 25.4 Å². The molecule has 2 amide bonds. The zero-order chi connectivity index (χ0) is 17.9. The second-order valence-corrected chi connectivity index (χ2v) is 5.72. The Hall–Kier alpha value is -2.12. The topological polar surface area (TPSA) is 49.4 Å². The summed E-state index contributed by atoms with van der Waals surface area (Å²) in [4.78, 5) is 24.6. The Morgan fingerprint density at radius 3 is 2.42 bits per heavy atom. The first-order chi connectivity index (χ1) is 11.2. The first kappa shape index (κ1) is 18.2. The van der Waals surface area contributed by atoms with Crippen molar-refractivity contribution >= 4 is 11.8 Å². The van der Waals surface area contributed by atoms with Crippen molar-refractivity contribution in [3.05, 3.63) is 35.6 Å². The average molecular weight is 346 g/mol. The highest BCUT2D eigenvalue weighted by Crippen LogP contribution is 2.30. The van der Waals surface area contributed by atoms with Crippen molar-refractivity contribution in [3.63, 3.8) is 0 Å². The minimum atomic E-state index is -5.00. The number of nitrogens with one attached hydrogen (secondary N) is 1. The van der Waals surface area contributed by atoms with Crippen molar-refractivity contribution in [1.29, 1.82) is 0 Å². The summed E-state index contributed by atoms with van der Waals surface area (Å²) in [5.74, 6) is -3.09. The summed E-state index contributed by atoms with van der Waals surface area (Å²) < 4.78 is 50.8. The minimum absolute atomic E-state index is 0.00344. The number of nitrogens with zero attached hydrogens (tertiary/aromatic N) is 1. The van der Waals surface area contributed by atoms with Crippen LogP contribution in [-0.4, -0.2) is 42.0 Å². The third kappa shape index (κ3) is 4.24. The van der Waals surface area contributed by atoms with Gasteiger partial charge in [-0.05, 0) is 24.1 Å². The van der Waals surface area contributed by atoms with Crippen LogP contribution in [0.4, 0.5) is 17.6 Å². The Labute approximate surface area is 136 Å². The number of hydrogen-bond donors (Lipinski definition) is 1. The molecular weight excluding hydrogens is 328 g/mol. The highest BCUT2D eigenvalue weighted by Gasteiger charge is 2.42. The van der Waals surface area contributed by atoms with Crippen molar-refractivity contribution in [1.82, 2.24) is 10.2 Å². The van der Waals surface area contributed by atoms with E-state index >= 15 is 0 Å². The average Bonchev–Trinajstić information content (AvgIpc) is 2.54. The van der Waals surface area contributed by atoms with Crippen LogP contribution < -0.4 is 5.32 Å². The lowest BCUT2D eigenvalue weighted by Crippen LogP contribution is -2.55. The number of alkyl halides is 3. The summed E-state index contributed by atoms with van der Waals surface area (Å²) in [6.07, 6.45) is -4.37. The second kappa shape index (κ2) is 7.19. The van der Waals surface area contributed by atoms with Crippen molar-refractivity contribution in [2.75, 3.05) is 13.1 Å². The number of likely N-dealkylation sites (tertiary alicyclic amines) is 1. The Balaban J connectivity index is 2.22. The molecule has 1 fully saturated rings. The van der Waals surface area contributed by atoms with Gasteiger partial charge >= 0.3 is 12.1 Å². The molecule has 2 rings (SSSR count). The maximum Gasteiger partial charge on any atom is 0.471 e. The van der Waals surface area contributed by atoms with E-state index in [4.69, 9.17) is 0 Å². The van der Waals surface area contributed by atoms with Crippen molar-refractivity contribution < 1.29 is 27.2 Å². The quantitative estimate of drug-likeness (QED) is 0.856. The largest absolute Gasteiger partial charge is 0.471 e. The lowest BCUT2D eigenvalue weighted by Gasteiger charge is -2.39. The maximum atomic E-state index is 13.1. The molecule has 1 aliphatic rings. The van der Waals surface area contributed by atoms with E-state index in [-0.39, 0.29) is 18.9 Å². The Bertz CT molecular complexity index is 601. The van der Waals surface area contributed by atoms with Crippen molar-refractivity contribution in [3.8, 4) is 0 Å². The van der Waals surface area contributed by atoms with Gasteiger partial charge in [-0.2, -0.15) is 13.2 Å². The molecule has 0 aliphatic carbocycles. The Morgan fingerprint density at radius 2 is 1.88 bits per heavy atom. The molecule has 1 heterocycles. The summed E-state index contributed by atoms with van der Waals surface area (Å²) in [6.45, 7) is 2.04. The molecule has 2 unspecified atom stereocenters. The van der Waals surface area contributed by atoms with Gasteiger partial charge in [-0.1, -0.05) is 19.1 Å². The highest BCUT2D eigenvalue weighted by atomic mass is 19.4. The normalized spacial score (nSPS) is 21.5. The van der Waals surface area contributed by atoms with Crippen molar-refractivity contribution in [2.24, 2.45) is 0 Å². The van der Waals surface area contributed by atoms with Gasteiger partial charge in [-0.3, -0.25) is 9.59 Å². The molecule has 0 radical (unpaired) electrons. The number of carbonyl (C=O) groups excluding carboxylic acids is 2. The fourth-order valence-electron chi connectivity index (χ4n) is 2.91. The maximum absolute atomic E-state index is 13.1.